The van der Waals surface area contributed by atoms with Crippen molar-refractivity contribution in [1.29, 1.82) is 0 Å². The number of aliphatic imine (C=N–C) groups is 1. The predicted octanol–water partition coefficient (Wildman–Crippen LogP) is 0.555. The van der Waals surface area contributed by atoms with Crippen molar-refractivity contribution < 1.29 is 19.5 Å². The number of unbranched alkanes of at least 4 members (excludes halogenated alkanes) is 1. The number of ketones is 1. The van der Waals surface area contributed by atoms with Crippen molar-refractivity contribution >= 4 is 45.1 Å². The summed E-state index contributed by atoms with van der Waals surface area (Å²) in [5, 5.41) is 13.0. The van der Waals surface area contributed by atoms with E-state index in [0.29, 0.717) is 24.9 Å². The van der Waals surface area contributed by atoms with Crippen LogP contribution in [0.4, 0.5) is 0 Å². The molecule has 3 atom stereocenters. The Morgan fingerprint density at radius 2 is 2.12 bits per heavy atom. The summed E-state index contributed by atoms with van der Waals surface area (Å²) >= 11 is 1.25. The maximum atomic E-state index is 13.3. The fourth-order valence-corrected chi connectivity index (χ4v) is 4.57. The van der Waals surface area contributed by atoms with Crippen LogP contribution in [0.15, 0.2) is 41.4 Å². The minimum atomic E-state index is -0.965. The molecule has 2 amide bonds. The fraction of sp³-hybridized carbons (Fsp3) is 0.409. The SMILES string of the molecule is CC(=O)N1C[C@H](O)C[C@H]1C(=O)N[C@@H](/C=C/CCCN=C(N)N)C(=O)c1nc2ccccc2s1. The average molecular weight is 473 g/mol. The third-order valence-electron chi connectivity index (χ3n) is 5.22. The van der Waals surface area contributed by atoms with E-state index in [0.717, 1.165) is 4.70 Å². The number of nitrogens with one attached hydrogen (secondary N) is 1. The van der Waals surface area contributed by atoms with Crippen LogP contribution in [0.5, 0.6) is 0 Å². The molecule has 2 heterocycles. The molecule has 3 rings (SSSR count). The maximum absolute atomic E-state index is 13.3. The number of aromatic nitrogens is 1. The minimum Gasteiger partial charge on any atom is -0.391 e. The number of benzene rings is 1. The van der Waals surface area contributed by atoms with Gasteiger partial charge in [0.1, 0.15) is 12.1 Å². The first-order chi connectivity index (χ1) is 15.8. The Labute approximate surface area is 195 Å². The standard InChI is InChI=1S/C22H28N6O4S/c1-13(29)28-12-14(30)11-17(28)20(32)26-16(8-3-2-6-10-25-22(23)24)19(31)21-27-15-7-4-5-9-18(15)33-21/h3-5,7-9,14,16-17,30H,2,6,10-12H2,1H3,(H,26,32)(H4,23,24,25)/b8-3+/t14-,16+,17+/m1/s1. The number of aliphatic hydroxyl groups excluding tert-OH is 1. The molecule has 2 aromatic rings. The normalized spacial score (nSPS) is 19.0. The second-order valence-corrected chi connectivity index (χ2v) is 8.82. The zero-order valence-corrected chi connectivity index (χ0v) is 19.1. The number of thiazole rings is 1. The second kappa shape index (κ2) is 11.0. The van der Waals surface area contributed by atoms with Gasteiger partial charge in [-0.2, -0.15) is 0 Å². The summed E-state index contributed by atoms with van der Waals surface area (Å²) in [5.41, 5.74) is 11.3. The van der Waals surface area contributed by atoms with Gasteiger partial charge in [0.15, 0.2) is 11.0 Å². The molecule has 1 aliphatic rings. The molecule has 0 aliphatic carbocycles. The molecule has 11 heteroatoms. The zero-order chi connectivity index (χ0) is 24.0. The second-order valence-electron chi connectivity index (χ2n) is 7.79. The number of hydrogen-bond acceptors (Lipinski definition) is 7. The molecular weight excluding hydrogens is 444 g/mol. The highest BCUT2D eigenvalue weighted by Gasteiger charge is 2.38. The lowest BCUT2D eigenvalue weighted by molar-refractivity contribution is -0.137. The number of guanidine groups is 1. The van der Waals surface area contributed by atoms with Crippen LogP contribution in [-0.4, -0.2) is 69.8 Å². The summed E-state index contributed by atoms with van der Waals surface area (Å²) in [7, 11) is 0. The van der Waals surface area contributed by atoms with E-state index in [9.17, 15) is 19.5 Å². The van der Waals surface area contributed by atoms with Crippen LogP contribution in [0.1, 0.15) is 36.0 Å². The first-order valence-corrected chi connectivity index (χ1v) is 11.5. The summed E-state index contributed by atoms with van der Waals surface area (Å²) in [4.78, 5) is 47.7. The highest BCUT2D eigenvalue weighted by atomic mass is 32.1. The molecule has 0 unspecified atom stereocenters. The van der Waals surface area contributed by atoms with E-state index in [1.807, 2.05) is 24.3 Å². The van der Waals surface area contributed by atoms with Crippen LogP contribution >= 0.6 is 11.3 Å². The number of para-hydroxylation sites is 1. The van der Waals surface area contributed by atoms with Crippen molar-refractivity contribution in [1.82, 2.24) is 15.2 Å². The third kappa shape index (κ3) is 6.36. The van der Waals surface area contributed by atoms with E-state index in [1.54, 1.807) is 12.2 Å². The number of allylic oxidation sites excluding steroid dienone is 1. The number of nitrogens with zero attached hydrogens (tertiary/aromatic N) is 3. The summed E-state index contributed by atoms with van der Waals surface area (Å²) in [6.45, 7) is 1.88. The molecule has 6 N–H and O–H groups in total. The number of carbonyl (C=O) groups excluding carboxylic acids is 3. The first kappa shape index (κ1) is 24.3. The number of fused-ring (bicyclic) bond motifs is 1. The number of hydrogen-bond donors (Lipinski definition) is 4. The Morgan fingerprint density at radius 3 is 2.82 bits per heavy atom. The molecule has 0 bridgehead atoms. The van der Waals surface area contributed by atoms with E-state index in [4.69, 9.17) is 11.5 Å². The average Bonchev–Trinajstić information content (AvgIpc) is 3.38. The molecular formula is C22H28N6O4S. The third-order valence-corrected chi connectivity index (χ3v) is 6.27. The van der Waals surface area contributed by atoms with Crippen molar-refractivity contribution in [3.05, 3.63) is 41.4 Å². The van der Waals surface area contributed by atoms with Gasteiger partial charge in [0.05, 0.1) is 16.3 Å². The van der Waals surface area contributed by atoms with Gasteiger partial charge in [-0.1, -0.05) is 24.3 Å². The van der Waals surface area contributed by atoms with Gasteiger partial charge in [0, 0.05) is 26.4 Å². The molecule has 1 aliphatic heterocycles. The molecule has 1 aromatic carbocycles. The van der Waals surface area contributed by atoms with Gasteiger partial charge in [-0.25, -0.2) is 4.98 Å². The van der Waals surface area contributed by atoms with Crippen LogP contribution in [0.25, 0.3) is 10.2 Å². The summed E-state index contributed by atoms with van der Waals surface area (Å²) in [5.74, 6) is -1.13. The summed E-state index contributed by atoms with van der Waals surface area (Å²) in [6.07, 6.45) is 4.00. The van der Waals surface area contributed by atoms with E-state index < -0.39 is 24.1 Å². The Kier molecular flexibility index (Phi) is 8.12. The zero-order valence-electron chi connectivity index (χ0n) is 18.3. The van der Waals surface area contributed by atoms with E-state index in [2.05, 4.69) is 15.3 Å². The van der Waals surface area contributed by atoms with Crippen LogP contribution in [-0.2, 0) is 9.59 Å². The largest absolute Gasteiger partial charge is 0.391 e. The molecule has 33 heavy (non-hydrogen) atoms. The number of aliphatic hydroxyl groups is 1. The van der Waals surface area contributed by atoms with Gasteiger partial charge in [0.25, 0.3) is 0 Å². The number of Topliss-reactive ketones (excluding diaryl/α,β-unsaturated/α-hetero) is 1. The lowest BCUT2D eigenvalue weighted by Crippen LogP contribution is -2.49. The number of carbonyl (C=O) groups is 3. The molecule has 10 nitrogen and oxygen atoms in total. The van der Waals surface area contributed by atoms with Gasteiger partial charge in [-0.3, -0.25) is 19.4 Å². The topological polar surface area (TPSA) is 164 Å². The molecule has 1 saturated heterocycles. The van der Waals surface area contributed by atoms with Crippen molar-refractivity contribution in [2.24, 2.45) is 16.5 Å². The molecule has 1 aromatic heterocycles. The summed E-state index contributed by atoms with van der Waals surface area (Å²) < 4.78 is 0.869. The van der Waals surface area contributed by atoms with Crippen molar-refractivity contribution in [3.8, 4) is 0 Å². The van der Waals surface area contributed by atoms with Gasteiger partial charge < -0.3 is 26.8 Å². The number of β-amino-alcohol motifs (C(OH)–C–C–N with tert-alkyl or cyclic N) is 1. The summed E-state index contributed by atoms with van der Waals surface area (Å²) in [6, 6.07) is 5.60. The van der Waals surface area contributed by atoms with E-state index in [1.165, 1.54) is 23.2 Å². The molecule has 176 valence electrons. The Morgan fingerprint density at radius 1 is 1.36 bits per heavy atom. The van der Waals surface area contributed by atoms with Gasteiger partial charge in [0.2, 0.25) is 17.6 Å². The quantitative estimate of drug-likeness (QED) is 0.136. The van der Waals surface area contributed by atoms with Crippen LogP contribution in [0.3, 0.4) is 0 Å². The fourth-order valence-electron chi connectivity index (χ4n) is 3.62. The minimum absolute atomic E-state index is 0.0175. The first-order valence-electron chi connectivity index (χ1n) is 10.6. The Balaban J connectivity index is 1.77. The molecule has 1 fully saturated rings. The van der Waals surface area contributed by atoms with Crippen LogP contribution < -0.4 is 16.8 Å². The lowest BCUT2D eigenvalue weighted by Gasteiger charge is -2.23. The molecule has 0 spiro atoms. The Bertz CT molecular complexity index is 1040. The number of likely N-dealkylation sites (tertiary alicyclic amines) is 1. The number of amides is 2. The van der Waals surface area contributed by atoms with Crippen molar-refractivity contribution in [2.75, 3.05) is 13.1 Å². The monoisotopic (exact) mass is 472 g/mol. The lowest BCUT2D eigenvalue weighted by atomic mass is 10.1. The Hall–Kier alpha value is -3.31. The molecule has 0 radical (unpaired) electrons. The van der Waals surface area contributed by atoms with Crippen molar-refractivity contribution in [2.45, 2.75) is 44.4 Å². The van der Waals surface area contributed by atoms with Crippen molar-refractivity contribution in [3.63, 3.8) is 0 Å². The van der Waals surface area contributed by atoms with Gasteiger partial charge in [-0.05, 0) is 25.0 Å². The number of nitrogens with two attached hydrogens (primary N) is 2. The van der Waals surface area contributed by atoms with Crippen LogP contribution in [0, 0.1) is 0 Å². The highest BCUT2D eigenvalue weighted by molar-refractivity contribution is 7.20. The maximum Gasteiger partial charge on any atom is 0.243 e. The highest BCUT2D eigenvalue weighted by Crippen LogP contribution is 2.23. The van der Waals surface area contributed by atoms with E-state index >= 15 is 0 Å². The number of rotatable bonds is 9. The predicted molar refractivity (Wildman–Crippen MR) is 127 cm³/mol. The van der Waals surface area contributed by atoms with Gasteiger partial charge >= 0.3 is 0 Å². The van der Waals surface area contributed by atoms with Gasteiger partial charge in [-0.15, -0.1) is 11.3 Å². The van der Waals surface area contributed by atoms with E-state index in [-0.39, 0.29) is 35.6 Å². The molecule has 0 saturated carbocycles. The smallest absolute Gasteiger partial charge is 0.243 e. The van der Waals surface area contributed by atoms with Crippen LogP contribution in [0.2, 0.25) is 0 Å².